The number of aliphatic hydroxyl groups is 2. The summed E-state index contributed by atoms with van der Waals surface area (Å²) in [4.78, 5) is 24.6. The third-order valence-electron chi connectivity index (χ3n) is 5.92. The average molecular weight is 519 g/mol. The van der Waals surface area contributed by atoms with Crippen LogP contribution in [0, 0.1) is 0 Å². The van der Waals surface area contributed by atoms with E-state index >= 15 is 0 Å². The highest BCUT2D eigenvalue weighted by atomic mass is 16.7. The molecule has 0 saturated carbocycles. The van der Waals surface area contributed by atoms with Gasteiger partial charge in [-0.05, 0) is 37.5 Å². The van der Waals surface area contributed by atoms with Crippen molar-refractivity contribution in [3.63, 3.8) is 0 Å². The summed E-state index contributed by atoms with van der Waals surface area (Å²) < 4.78 is 22.6. The van der Waals surface area contributed by atoms with Crippen molar-refractivity contribution >= 4 is 12.1 Å². The van der Waals surface area contributed by atoms with Crippen molar-refractivity contribution in [2.45, 2.75) is 44.2 Å². The zero-order chi connectivity index (χ0) is 27.3. The van der Waals surface area contributed by atoms with Crippen molar-refractivity contribution in [2.24, 2.45) is 0 Å². The van der Waals surface area contributed by atoms with E-state index in [1.807, 2.05) is 91.0 Å². The fourth-order valence-electron chi connectivity index (χ4n) is 4.27. The highest BCUT2D eigenvalue weighted by Gasteiger charge is 2.45. The summed E-state index contributed by atoms with van der Waals surface area (Å²) in [5.74, 6) is -2.84. The lowest BCUT2D eigenvalue weighted by molar-refractivity contribution is -0.153. The molecule has 0 radical (unpaired) electrons. The topological polar surface area (TPSA) is 112 Å². The predicted molar refractivity (Wildman–Crippen MR) is 138 cm³/mol. The number of cyclic esters (lactones) is 1. The fourth-order valence-corrected chi connectivity index (χ4v) is 4.27. The molecule has 1 aliphatic rings. The Hall–Kier alpha value is -4.30. The summed E-state index contributed by atoms with van der Waals surface area (Å²) >= 11 is 0. The maximum Gasteiger partial charge on any atom is 0.509 e. The van der Waals surface area contributed by atoms with Crippen LogP contribution in [0.3, 0.4) is 0 Å². The smallest absolute Gasteiger partial charge is 0.505 e. The molecule has 0 fully saturated rings. The monoisotopic (exact) mass is 518 g/mol. The second-order valence-electron chi connectivity index (χ2n) is 9.77. The number of hydrogen-bond donors (Lipinski definition) is 2. The van der Waals surface area contributed by atoms with Crippen LogP contribution in [0.5, 0.6) is 0 Å². The van der Waals surface area contributed by atoms with Gasteiger partial charge in [-0.1, -0.05) is 91.0 Å². The minimum atomic E-state index is -1.49. The van der Waals surface area contributed by atoms with Crippen molar-refractivity contribution < 1.29 is 38.7 Å². The van der Waals surface area contributed by atoms with Gasteiger partial charge in [-0.2, -0.15) is 0 Å². The first-order valence-corrected chi connectivity index (χ1v) is 12.1. The molecule has 0 aromatic heterocycles. The van der Waals surface area contributed by atoms with Crippen LogP contribution < -0.4 is 0 Å². The van der Waals surface area contributed by atoms with Gasteiger partial charge in [0.15, 0.2) is 11.9 Å². The van der Waals surface area contributed by atoms with Crippen LogP contribution in [0.2, 0.25) is 0 Å². The molecule has 198 valence electrons. The molecule has 0 saturated heterocycles. The van der Waals surface area contributed by atoms with E-state index in [0.717, 1.165) is 16.7 Å². The van der Waals surface area contributed by atoms with Crippen molar-refractivity contribution in [2.75, 3.05) is 6.61 Å². The molecule has 0 spiro atoms. The fraction of sp³-hybridized carbons (Fsp3) is 0.267. The first-order valence-electron chi connectivity index (χ1n) is 12.1. The molecule has 0 unspecified atom stereocenters. The summed E-state index contributed by atoms with van der Waals surface area (Å²) in [5, 5.41) is 20.3. The van der Waals surface area contributed by atoms with E-state index in [2.05, 4.69) is 0 Å². The van der Waals surface area contributed by atoms with Crippen LogP contribution in [-0.2, 0) is 29.3 Å². The van der Waals surface area contributed by atoms with E-state index < -0.39 is 47.1 Å². The molecule has 8 nitrogen and oxygen atoms in total. The largest absolute Gasteiger partial charge is 0.509 e. The molecule has 3 aromatic rings. The molecule has 2 N–H and O–H groups in total. The molecule has 2 atom stereocenters. The van der Waals surface area contributed by atoms with Gasteiger partial charge >= 0.3 is 12.1 Å². The van der Waals surface area contributed by atoms with Gasteiger partial charge in [0.1, 0.15) is 11.2 Å². The lowest BCUT2D eigenvalue weighted by Crippen LogP contribution is -2.42. The highest BCUT2D eigenvalue weighted by molar-refractivity contribution is 5.89. The van der Waals surface area contributed by atoms with Crippen LogP contribution in [-0.4, -0.2) is 46.8 Å². The summed E-state index contributed by atoms with van der Waals surface area (Å²) in [6, 6.07) is 28.5. The van der Waals surface area contributed by atoms with Gasteiger partial charge in [0.25, 0.3) is 0 Å². The second-order valence-corrected chi connectivity index (χ2v) is 9.77. The number of carbonyl (C=O) groups is 2. The molecule has 3 aromatic carbocycles. The highest BCUT2D eigenvalue weighted by Crippen LogP contribution is 2.41. The zero-order valence-electron chi connectivity index (χ0n) is 21.4. The van der Waals surface area contributed by atoms with Gasteiger partial charge in [0, 0.05) is 0 Å². The van der Waals surface area contributed by atoms with Crippen LogP contribution in [0.4, 0.5) is 4.79 Å². The maximum absolute atomic E-state index is 12.6. The van der Waals surface area contributed by atoms with Crippen LogP contribution in [0.15, 0.2) is 103 Å². The Morgan fingerprint density at radius 2 is 1.29 bits per heavy atom. The lowest BCUT2D eigenvalue weighted by atomic mass is 9.80. The number of carbonyl (C=O) groups excluding carboxylic acids is 2. The Balaban J connectivity index is 1.78. The quantitative estimate of drug-likeness (QED) is 0.294. The number of hydrogen-bond acceptors (Lipinski definition) is 8. The number of ether oxygens (including phenoxy) is 4. The SMILES string of the molecule is CC(C)(C)OC(=O)O[C@@H](COC(c1ccccc1)(c1ccccc1)c1ccccc1)[C@H]1OC(=O)C(O)=C1O. The lowest BCUT2D eigenvalue weighted by Gasteiger charge is -2.37. The minimum Gasteiger partial charge on any atom is -0.505 e. The molecular weight excluding hydrogens is 488 g/mol. The summed E-state index contributed by atoms with van der Waals surface area (Å²) in [6.45, 7) is 4.67. The first kappa shape index (κ1) is 26.8. The molecule has 1 heterocycles. The zero-order valence-corrected chi connectivity index (χ0v) is 21.4. The average Bonchev–Trinajstić information content (AvgIpc) is 3.16. The second kappa shape index (κ2) is 11.0. The van der Waals surface area contributed by atoms with Crippen molar-refractivity contribution in [3.8, 4) is 0 Å². The standard InChI is InChI=1S/C30H30O8/c1-29(2,3)38-28(34)36-23(26-24(31)25(32)27(33)37-26)19-35-30(20-13-7-4-8-14-20,21-15-9-5-10-16-21)22-17-11-6-12-18-22/h4-18,23,26,31-32H,19H2,1-3H3/t23-,26+/m0/s1. The van der Waals surface area contributed by atoms with Crippen LogP contribution in [0.25, 0.3) is 0 Å². The summed E-state index contributed by atoms with van der Waals surface area (Å²) in [7, 11) is 0. The van der Waals surface area contributed by atoms with Crippen LogP contribution >= 0.6 is 0 Å². The van der Waals surface area contributed by atoms with Crippen molar-refractivity contribution in [1.29, 1.82) is 0 Å². The number of aliphatic hydroxyl groups excluding tert-OH is 2. The molecule has 8 heteroatoms. The van der Waals surface area contributed by atoms with E-state index in [0.29, 0.717) is 0 Å². The van der Waals surface area contributed by atoms with Crippen molar-refractivity contribution in [3.05, 3.63) is 119 Å². The van der Waals surface area contributed by atoms with Gasteiger partial charge in [0.2, 0.25) is 11.9 Å². The normalized spacial score (nSPS) is 16.6. The molecule has 1 aliphatic heterocycles. The van der Waals surface area contributed by atoms with Crippen LogP contribution in [0.1, 0.15) is 37.5 Å². The Labute approximate surface area is 221 Å². The Bertz CT molecular complexity index is 1180. The van der Waals surface area contributed by atoms with E-state index in [4.69, 9.17) is 18.9 Å². The molecule has 0 bridgehead atoms. The number of rotatable bonds is 8. The summed E-state index contributed by atoms with van der Waals surface area (Å²) in [5.41, 5.74) is 0.332. The number of esters is 1. The van der Waals surface area contributed by atoms with Gasteiger partial charge in [-0.3, -0.25) is 0 Å². The first-order chi connectivity index (χ1) is 18.1. The molecular formula is C30H30O8. The van der Waals surface area contributed by atoms with E-state index in [1.165, 1.54) is 0 Å². The van der Waals surface area contributed by atoms with Gasteiger partial charge in [0.05, 0.1) is 6.61 Å². The van der Waals surface area contributed by atoms with Crippen molar-refractivity contribution in [1.82, 2.24) is 0 Å². The minimum absolute atomic E-state index is 0.340. The predicted octanol–water partition coefficient (Wildman–Crippen LogP) is 5.57. The summed E-state index contributed by atoms with van der Waals surface area (Å²) in [6.07, 6.45) is -3.89. The molecule has 4 rings (SSSR count). The molecule has 38 heavy (non-hydrogen) atoms. The third-order valence-corrected chi connectivity index (χ3v) is 5.92. The Kier molecular flexibility index (Phi) is 7.73. The maximum atomic E-state index is 12.6. The molecule has 0 amide bonds. The third kappa shape index (κ3) is 5.65. The van der Waals surface area contributed by atoms with E-state index in [1.54, 1.807) is 20.8 Å². The molecule has 0 aliphatic carbocycles. The van der Waals surface area contributed by atoms with Gasteiger partial charge < -0.3 is 29.2 Å². The van der Waals surface area contributed by atoms with Gasteiger partial charge in [-0.25, -0.2) is 9.59 Å². The number of benzene rings is 3. The Morgan fingerprint density at radius 3 is 1.66 bits per heavy atom. The van der Waals surface area contributed by atoms with E-state index in [9.17, 15) is 19.8 Å². The Morgan fingerprint density at radius 1 is 0.842 bits per heavy atom. The van der Waals surface area contributed by atoms with E-state index in [-0.39, 0.29) is 6.61 Å². The van der Waals surface area contributed by atoms with Gasteiger partial charge in [-0.15, -0.1) is 0 Å².